The first-order chi connectivity index (χ1) is 6.79. The van der Waals surface area contributed by atoms with Crippen LogP contribution >= 0.6 is 0 Å². The maximum absolute atomic E-state index is 11.6. The normalized spacial score (nSPS) is 15.9. The standard InChI is InChI=1S/C11H24N2O2/c1-5-6-8(14)7-13-10(15)9(12)11(2,3)4/h8-9,14H,5-7,12H2,1-4H3,(H,13,15)/t8?,9-/m0/s1. The zero-order valence-electron chi connectivity index (χ0n) is 10.2. The molecule has 4 heteroatoms. The molecule has 4 N–H and O–H groups in total. The summed E-state index contributed by atoms with van der Waals surface area (Å²) in [6.45, 7) is 8.03. The first-order valence-electron chi connectivity index (χ1n) is 5.50. The van der Waals surface area contributed by atoms with Crippen LogP contribution in [-0.4, -0.2) is 29.7 Å². The number of rotatable bonds is 5. The molecule has 0 rings (SSSR count). The Morgan fingerprint density at radius 2 is 2.00 bits per heavy atom. The van der Waals surface area contributed by atoms with Crippen molar-refractivity contribution in [3.05, 3.63) is 0 Å². The monoisotopic (exact) mass is 216 g/mol. The van der Waals surface area contributed by atoms with E-state index < -0.39 is 12.1 Å². The van der Waals surface area contributed by atoms with Gasteiger partial charge in [-0.15, -0.1) is 0 Å². The molecule has 0 fully saturated rings. The van der Waals surface area contributed by atoms with E-state index in [2.05, 4.69) is 5.32 Å². The molecule has 0 saturated heterocycles. The molecule has 0 aliphatic rings. The van der Waals surface area contributed by atoms with Gasteiger partial charge in [-0.05, 0) is 11.8 Å². The molecule has 1 amide bonds. The van der Waals surface area contributed by atoms with Gasteiger partial charge in [0.05, 0.1) is 12.1 Å². The summed E-state index contributed by atoms with van der Waals surface area (Å²) >= 11 is 0. The van der Waals surface area contributed by atoms with E-state index in [1.807, 2.05) is 27.7 Å². The maximum atomic E-state index is 11.6. The Labute approximate surface area is 92.2 Å². The number of hydrogen-bond donors (Lipinski definition) is 3. The molecule has 0 aromatic rings. The molecular weight excluding hydrogens is 192 g/mol. The van der Waals surface area contributed by atoms with Gasteiger partial charge in [0.2, 0.25) is 5.91 Å². The van der Waals surface area contributed by atoms with E-state index in [-0.39, 0.29) is 17.9 Å². The molecule has 0 bridgehead atoms. The number of carbonyl (C=O) groups is 1. The highest BCUT2D eigenvalue weighted by Gasteiger charge is 2.27. The summed E-state index contributed by atoms with van der Waals surface area (Å²) in [5, 5.41) is 12.1. The zero-order valence-corrected chi connectivity index (χ0v) is 10.2. The summed E-state index contributed by atoms with van der Waals surface area (Å²) in [6, 6.07) is -0.536. The Kier molecular flexibility index (Phi) is 5.83. The minimum atomic E-state index is -0.536. The second-order valence-electron chi connectivity index (χ2n) is 5.03. The summed E-state index contributed by atoms with van der Waals surface area (Å²) in [7, 11) is 0. The highest BCUT2D eigenvalue weighted by atomic mass is 16.3. The van der Waals surface area contributed by atoms with Crippen LogP contribution in [0.2, 0.25) is 0 Å². The van der Waals surface area contributed by atoms with Crippen molar-refractivity contribution in [3.63, 3.8) is 0 Å². The number of hydrogen-bond acceptors (Lipinski definition) is 3. The summed E-state index contributed by atoms with van der Waals surface area (Å²) in [5.41, 5.74) is 5.51. The molecule has 0 radical (unpaired) electrons. The van der Waals surface area contributed by atoms with Gasteiger partial charge >= 0.3 is 0 Å². The molecule has 1 unspecified atom stereocenters. The predicted octanol–water partition coefficient (Wildman–Crippen LogP) is 0.637. The second-order valence-corrected chi connectivity index (χ2v) is 5.03. The fourth-order valence-corrected chi connectivity index (χ4v) is 1.16. The van der Waals surface area contributed by atoms with Crippen molar-refractivity contribution in [3.8, 4) is 0 Å². The highest BCUT2D eigenvalue weighted by Crippen LogP contribution is 2.17. The summed E-state index contributed by atoms with van der Waals surface area (Å²) < 4.78 is 0. The lowest BCUT2D eigenvalue weighted by molar-refractivity contribution is -0.125. The largest absolute Gasteiger partial charge is 0.391 e. The molecule has 2 atom stereocenters. The first-order valence-corrected chi connectivity index (χ1v) is 5.50. The molecule has 0 aromatic heterocycles. The van der Waals surface area contributed by atoms with E-state index in [4.69, 9.17) is 5.73 Å². The summed E-state index contributed by atoms with van der Waals surface area (Å²) in [5.74, 6) is -0.197. The zero-order chi connectivity index (χ0) is 12.1. The van der Waals surface area contributed by atoms with Gasteiger partial charge in [0.25, 0.3) is 0 Å². The van der Waals surface area contributed by atoms with Gasteiger partial charge in [-0.2, -0.15) is 0 Å². The van der Waals surface area contributed by atoms with Gasteiger partial charge < -0.3 is 16.2 Å². The molecule has 15 heavy (non-hydrogen) atoms. The Balaban J connectivity index is 3.94. The third-order valence-electron chi connectivity index (χ3n) is 2.35. The Hall–Kier alpha value is -0.610. The van der Waals surface area contributed by atoms with Crippen molar-refractivity contribution < 1.29 is 9.90 Å². The summed E-state index contributed by atoms with van der Waals surface area (Å²) in [6.07, 6.45) is 1.14. The van der Waals surface area contributed by atoms with Crippen LogP contribution in [0.15, 0.2) is 0 Å². The van der Waals surface area contributed by atoms with E-state index in [1.165, 1.54) is 0 Å². The van der Waals surface area contributed by atoms with Crippen molar-refractivity contribution in [2.75, 3.05) is 6.54 Å². The van der Waals surface area contributed by atoms with E-state index in [0.717, 1.165) is 6.42 Å². The number of aliphatic hydroxyl groups excluding tert-OH is 1. The van der Waals surface area contributed by atoms with Crippen LogP contribution in [0.1, 0.15) is 40.5 Å². The van der Waals surface area contributed by atoms with Gasteiger partial charge in [0.15, 0.2) is 0 Å². The number of aliphatic hydroxyl groups is 1. The Morgan fingerprint density at radius 3 is 2.40 bits per heavy atom. The molecule has 4 nitrogen and oxygen atoms in total. The second kappa shape index (κ2) is 6.08. The SMILES string of the molecule is CCCC(O)CNC(=O)[C@H](N)C(C)(C)C. The number of carbonyl (C=O) groups excluding carboxylic acids is 1. The fourth-order valence-electron chi connectivity index (χ4n) is 1.16. The van der Waals surface area contributed by atoms with Crippen LogP contribution in [-0.2, 0) is 4.79 Å². The fraction of sp³-hybridized carbons (Fsp3) is 0.909. The van der Waals surface area contributed by atoms with Gasteiger partial charge in [-0.1, -0.05) is 34.1 Å². The summed E-state index contributed by atoms with van der Waals surface area (Å²) in [4.78, 5) is 11.6. The topological polar surface area (TPSA) is 75.3 Å². The Bertz CT molecular complexity index is 199. The third-order valence-corrected chi connectivity index (χ3v) is 2.35. The highest BCUT2D eigenvalue weighted by molar-refractivity contribution is 5.82. The minimum Gasteiger partial charge on any atom is -0.391 e. The average Bonchev–Trinajstić information content (AvgIpc) is 2.12. The van der Waals surface area contributed by atoms with Crippen LogP contribution in [0.5, 0.6) is 0 Å². The molecule has 0 aromatic carbocycles. The lowest BCUT2D eigenvalue weighted by Gasteiger charge is -2.26. The van der Waals surface area contributed by atoms with Gasteiger partial charge in [0.1, 0.15) is 0 Å². The third kappa shape index (κ3) is 5.74. The van der Waals surface area contributed by atoms with Gasteiger partial charge in [-0.25, -0.2) is 0 Å². The molecule has 0 spiro atoms. The van der Waals surface area contributed by atoms with Crippen molar-refractivity contribution >= 4 is 5.91 Å². The minimum absolute atomic E-state index is 0.197. The lowest BCUT2D eigenvalue weighted by Crippen LogP contribution is -2.50. The van der Waals surface area contributed by atoms with Gasteiger partial charge in [-0.3, -0.25) is 4.79 Å². The van der Waals surface area contributed by atoms with Crippen molar-refractivity contribution in [1.82, 2.24) is 5.32 Å². The molecular formula is C11H24N2O2. The molecule has 0 saturated carbocycles. The van der Waals surface area contributed by atoms with E-state index in [1.54, 1.807) is 0 Å². The van der Waals surface area contributed by atoms with Crippen molar-refractivity contribution in [1.29, 1.82) is 0 Å². The molecule has 0 heterocycles. The van der Waals surface area contributed by atoms with Crippen molar-refractivity contribution in [2.45, 2.75) is 52.7 Å². The smallest absolute Gasteiger partial charge is 0.237 e. The van der Waals surface area contributed by atoms with Crippen LogP contribution in [0, 0.1) is 5.41 Å². The molecule has 0 aliphatic carbocycles. The lowest BCUT2D eigenvalue weighted by atomic mass is 9.87. The number of amides is 1. The van der Waals surface area contributed by atoms with Crippen molar-refractivity contribution in [2.24, 2.45) is 11.1 Å². The predicted molar refractivity (Wildman–Crippen MR) is 61.4 cm³/mol. The maximum Gasteiger partial charge on any atom is 0.237 e. The first kappa shape index (κ1) is 14.4. The van der Waals surface area contributed by atoms with E-state index in [0.29, 0.717) is 6.42 Å². The average molecular weight is 216 g/mol. The molecule has 0 aliphatic heterocycles. The Morgan fingerprint density at radius 1 is 1.47 bits per heavy atom. The van der Waals surface area contributed by atoms with E-state index >= 15 is 0 Å². The van der Waals surface area contributed by atoms with E-state index in [9.17, 15) is 9.90 Å². The number of nitrogens with two attached hydrogens (primary N) is 1. The van der Waals surface area contributed by atoms with Crippen LogP contribution in [0.4, 0.5) is 0 Å². The van der Waals surface area contributed by atoms with Crippen LogP contribution in [0.3, 0.4) is 0 Å². The molecule has 90 valence electrons. The number of nitrogens with one attached hydrogen (secondary N) is 1. The van der Waals surface area contributed by atoms with Gasteiger partial charge in [0, 0.05) is 6.54 Å². The van der Waals surface area contributed by atoms with Crippen LogP contribution < -0.4 is 11.1 Å². The quantitative estimate of drug-likeness (QED) is 0.631. The van der Waals surface area contributed by atoms with Crippen LogP contribution in [0.25, 0.3) is 0 Å².